The Kier molecular flexibility index (Phi) is 6.38. The first kappa shape index (κ1) is 22.2. The SMILES string of the molecule is CN(Cc1cnn(-c2ccccc2)c1)C(=O)C1CCN(S(=O)(=O)c2ccccc2F)CC1. The molecule has 0 bridgehead atoms. The van der Waals surface area contributed by atoms with Gasteiger partial charge in [0.1, 0.15) is 10.7 Å². The van der Waals surface area contributed by atoms with Gasteiger partial charge in [0.05, 0.1) is 11.9 Å². The van der Waals surface area contributed by atoms with Gasteiger partial charge in [-0.25, -0.2) is 17.5 Å². The maximum Gasteiger partial charge on any atom is 0.245 e. The number of carbonyl (C=O) groups is 1. The van der Waals surface area contributed by atoms with E-state index in [0.717, 1.165) is 17.3 Å². The Balaban J connectivity index is 1.35. The van der Waals surface area contributed by atoms with Gasteiger partial charge in [-0.2, -0.15) is 9.40 Å². The second kappa shape index (κ2) is 9.22. The Morgan fingerprint density at radius 3 is 2.44 bits per heavy atom. The van der Waals surface area contributed by atoms with Crippen molar-refractivity contribution in [3.8, 4) is 5.69 Å². The highest BCUT2D eigenvalue weighted by Gasteiger charge is 2.34. The molecule has 0 unspecified atom stereocenters. The van der Waals surface area contributed by atoms with Gasteiger partial charge >= 0.3 is 0 Å². The van der Waals surface area contributed by atoms with Crippen LogP contribution in [0.1, 0.15) is 18.4 Å². The van der Waals surface area contributed by atoms with Crippen molar-refractivity contribution >= 4 is 15.9 Å². The number of nitrogens with zero attached hydrogens (tertiary/aromatic N) is 4. The van der Waals surface area contributed by atoms with Crippen LogP contribution in [0.2, 0.25) is 0 Å². The zero-order valence-electron chi connectivity index (χ0n) is 17.8. The lowest BCUT2D eigenvalue weighted by molar-refractivity contribution is -0.135. The molecule has 0 aliphatic carbocycles. The zero-order valence-corrected chi connectivity index (χ0v) is 18.6. The third kappa shape index (κ3) is 4.58. The Labute approximate surface area is 187 Å². The number of aromatic nitrogens is 2. The van der Waals surface area contributed by atoms with Gasteiger partial charge in [-0.3, -0.25) is 4.79 Å². The average Bonchev–Trinajstić information content (AvgIpc) is 3.28. The van der Waals surface area contributed by atoms with Gasteiger partial charge in [0.2, 0.25) is 15.9 Å². The number of rotatable bonds is 6. The van der Waals surface area contributed by atoms with Crippen LogP contribution in [0.15, 0.2) is 71.9 Å². The molecular formula is C23H25FN4O3S. The summed E-state index contributed by atoms with van der Waals surface area (Å²) in [5.74, 6) is -1.06. The monoisotopic (exact) mass is 456 g/mol. The van der Waals surface area contributed by atoms with Crippen molar-refractivity contribution < 1.29 is 17.6 Å². The van der Waals surface area contributed by atoms with Crippen molar-refractivity contribution in [2.45, 2.75) is 24.3 Å². The Morgan fingerprint density at radius 1 is 1.09 bits per heavy atom. The molecule has 0 N–H and O–H groups in total. The van der Waals surface area contributed by atoms with E-state index in [2.05, 4.69) is 5.10 Å². The van der Waals surface area contributed by atoms with Gasteiger partial charge in [-0.1, -0.05) is 30.3 Å². The van der Waals surface area contributed by atoms with E-state index in [0.29, 0.717) is 19.4 Å². The molecule has 7 nitrogen and oxygen atoms in total. The first-order valence-corrected chi connectivity index (χ1v) is 11.9. The minimum atomic E-state index is -3.91. The van der Waals surface area contributed by atoms with E-state index >= 15 is 0 Å². The Hall–Kier alpha value is -3.04. The van der Waals surface area contributed by atoms with E-state index in [1.165, 1.54) is 22.5 Å². The van der Waals surface area contributed by atoms with Crippen LogP contribution in [0.4, 0.5) is 4.39 Å². The molecule has 1 fully saturated rings. The normalized spacial score (nSPS) is 15.6. The molecule has 1 saturated heterocycles. The van der Waals surface area contributed by atoms with E-state index in [1.54, 1.807) is 22.8 Å². The highest BCUT2D eigenvalue weighted by atomic mass is 32.2. The number of halogens is 1. The number of piperidine rings is 1. The second-order valence-corrected chi connectivity index (χ2v) is 9.84. The quantitative estimate of drug-likeness (QED) is 0.571. The van der Waals surface area contributed by atoms with Crippen LogP contribution in [-0.2, 0) is 21.4 Å². The summed E-state index contributed by atoms with van der Waals surface area (Å²) >= 11 is 0. The van der Waals surface area contributed by atoms with E-state index in [-0.39, 0.29) is 29.8 Å². The van der Waals surface area contributed by atoms with E-state index < -0.39 is 15.8 Å². The summed E-state index contributed by atoms with van der Waals surface area (Å²) in [5, 5.41) is 4.36. The number of sulfonamides is 1. The predicted octanol–water partition coefficient (Wildman–Crippen LogP) is 3.07. The van der Waals surface area contributed by atoms with Crippen LogP contribution in [0.25, 0.3) is 5.69 Å². The molecular weight excluding hydrogens is 431 g/mol. The summed E-state index contributed by atoms with van der Waals surface area (Å²) in [7, 11) is -2.17. The molecule has 0 radical (unpaired) electrons. The Bertz CT molecular complexity index is 1190. The van der Waals surface area contributed by atoms with Gasteiger partial charge < -0.3 is 4.90 Å². The summed E-state index contributed by atoms with van der Waals surface area (Å²) in [4.78, 5) is 14.3. The molecule has 1 aliphatic heterocycles. The van der Waals surface area contributed by atoms with Gasteiger partial charge in [-0.15, -0.1) is 0 Å². The fraction of sp³-hybridized carbons (Fsp3) is 0.304. The smallest absolute Gasteiger partial charge is 0.245 e. The number of amides is 1. The number of benzene rings is 2. The molecule has 2 aromatic carbocycles. The topological polar surface area (TPSA) is 75.5 Å². The third-order valence-electron chi connectivity index (χ3n) is 5.71. The average molecular weight is 457 g/mol. The molecule has 32 heavy (non-hydrogen) atoms. The molecule has 1 amide bonds. The predicted molar refractivity (Wildman–Crippen MR) is 118 cm³/mol. The molecule has 4 rings (SSSR count). The largest absolute Gasteiger partial charge is 0.341 e. The number of para-hydroxylation sites is 1. The highest BCUT2D eigenvalue weighted by Crippen LogP contribution is 2.26. The Morgan fingerprint density at radius 2 is 1.75 bits per heavy atom. The highest BCUT2D eigenvalue weighted by molar-refractivity contribution is 7.89. The van der Waals surface area contributed by atoms with Crippen LogP contribution in [0.3, 0.4) is 0 Å². The maximum atomic E-state index is 14.0. The molecule has 1 aliphatic rings. The fourth-order valence-electron chi connectivity index (χ4n) is 3.96. The molecule has 0 atom stereocenters. The minimum Gasteiger partial charge on any atom is -0.341 e. The summed E-state index contributed by atoms with van der Waals surface area (Å²) in [6.07, 6.45) is 4.43. The summed E-state index contributed by atoms with van der Waals surface area (Å²) in [6.45, 7) is 0.791. The standard InChI is InChI=1S/C23H25FN4O3S/c1-26(16-18-15-25-28(17-18)20-7-3-2-4-8-20)23(29)19-11-13-27(14-12-19)32(30,31)22-10-6-5-9-21(22)24/h2-10,15,17,19H,11-14,16H2,1H3. The van der Waals surface area contributed by atoms with E-state index in [1.807, 2.05) is 36.5 Å². The molecule has 1 aromatic heterocycles. The van der Waals surface area contributed by atoms with Crippen LogP contribution in [-0.4, -0.2) is 53.4 Å². The van der Waals surface area contributed by atoms with Gasteiger partial charge in [0.15, 0.2) is 0 Å². The van der Waals surface area contributed by atoms with Crippen LogP contribution < -0.4 is 0 Å². The van der Waals surface area contributed by atoms with Crippen molar-refractivity contribution in [2.75, 3.05) is 20.1 Å². The lowest BCUT2D eigenvalue weighted by atomic mass is 9.96. The van der Waals surface area contributed by atoms with Crippen molar-refractivity contribution in [1.29, 1.82) is 0 Å². The van der Waals surface area contributed by atoms with Crippen LogP contribution in [0, 0.1) is 11.7 Å². The van der Waals surface area contributed by atoms with Gasteiger partial charge in [0.25, 0.3) is 0 Å². The number of carbonyl (C=O) groups excluding carboxylic acids is 1. The van der Waals surface area contributed by atoms with Crippen molar-refractivity contribution in [2.24, 2.45) is 5.92 Å². The molecule has 3 aromatic rings. The van der Waals surface area contributed by atoms with Crippen molar-refractivity contribution in [1.82, 2.24) is 19.0 Å². The molecule has 0 spiro atoms. The first-order valence-electron chi connectivity index (χ1n) is 10.4. The van der Waals surface area contributed by atoms with Crippen LogP contribution in [0.5, 0.6) is 0 Å². The molecule has 2 heterocycles. The second-order valence-electron chi connectivity index (χ2n) is 7.93. The first-order chi connectivity index (χ1) is 15.4. The van der Waals surface area contributed by atoms with Crippen LogP contribution >= 0.6 is 0 Å². The summed E-state index contributed by atoms with van der Waals surface area (Å²) in [5.41, 5.74) is 1.85. The van der Waals surface area contributed by atoms with Crippen molar-refractivity contribution in [3.05, 3.63) is 78.4 Å². The minimum absolute atomic E-state index is 0.0274. The fourth-order valence-corrected chi connectivity index (χ4v) is 5.50. The van der Waals surface area contributed by atoms with E-state index in [9.17, 15) is 17.6 Å². The molecule has 0 saturated carbocycles. The van der Waals surface area contributed by atoms with Gasteiger partial charge in [-0.05, 0) is 37.1 Å². The van der Waals surface area contributed by atoms with E-state index in [4.69, 9.17) is 0 Å². The lowest BCUT2D eigenvalue weighted by Crippen LogP contribution is -2.43. The van der Waals surface area contributed by atoms with Gasteiger partial charge in [0, 0.05) is 44.4 Å². The number of hydrogen-bond donors (Lipinski definition) is 0. The summed E-state index contributed by atoms with van der Waals surface area (Å²) < 4.78 is 42.5. The maximum absolute atomic E-state index is 14.0. The third-order valence-corrected chi connectivity index (χ3v) is 7.64. The lowest BCUT2D eigenvalue weighted by Gasteiger charge is -2.32. The summed E-state index contributed by atoms with van der Waals surface area (Å²) in [6, 6.07) is 15.1. The molecule has 168 valence electrons. The number of hydrogen-bond acceptors (Lipinski definition) is 4. The van der Waals surface area contributed by atoms with Crippen molar-refractivity contribution in [3.63, 3.8) is 0 Å². The molecule has 9 heteroatoms. The zero-order chi connectivity index (χ0) is 22.7.